The molecule has 1 aliphatic rings. The molecule has 0 N–H and O–H groups in total. The summed E-state index contributed by atoms with van der Waals surface area (Å²) >= 11 is 0. The third-order valence-corrected chi connectivity index (χ3v) is 3.86. The van der Waals surface area contributed by atoms with Crippen LogP contribution in [0.25, 0.3) is 0 Å². The van der Waals surface area contributed by atoms with Gasteiger partial charge in [0.1, 0.15) is 0 Å². The SMILES string of the molecule is O=C1CCC(CCCCCCc2ccccc2)C(=O)O1. The largest absolute Gasteiger partial charge is 0.393 e. The van der Waals surface area contributed by atoms with Gasteiger partial charge >= 0.3 is 11.9 Å². The minimum absolute atomic E-state index is 0.0539. The number of unbranched alkanes of at least 4 members (excludes halogenated alkanes) is 3. The lowest BCUT2D eigenvalue weighted by Gasteiger charge is -2.18. The van der Waals surface area contributed by atoms with Crippen LogP contribution in [0.5, 0.6) is 0 Å². The molecule has 1 unspecified atom stereocenters. The maximum absolute atomic E-state index is 11.5. The summed E-state index contributed by atoms with van der Waals surface area (Å²) in [7, 11) is 0. The fraction of sp³-hybridized carbons (Fsp3) is 0.529. The molecule has 3 heteroatoms. The van der Waals surface area contributed by atoms with E-state index in [0.29, 0.717) is 12.8 Å². The summed E-state index contributed by atoms with van der Waals surface area (Å²) in [6, 6.07) is 10.5. The second-order valence-electron chi connectivity index (χ2n) is 5.47. The maximum Gasteiger partial charge on any atom is 0.316 e. The van der Waals surface area contributed by atoms with Gasteiger partial charge in [-0.1, -0.05) is 49.6 Å². The Morgan fingerprint density at radius 1 is 1.00 bits per heavy atom. The van der Waals surface area contributed by atoms with Crippen molar-refractivity contribution in [1.29, 1.82) is 0 Å². The van der Waals surface area contributed by atoms with Crippen LogP contribution in [0.15, 0.2) is 30.3 Å². The Morgan fingerprint density at radius 3 is 2.50 bits per heavy atom. The molecule has 0 amide bonds. The van der Waals surface area contributed by atoms with Crippen LogP contribution in [0.2, 0.25) is 0 Å². The zero-order valence-electron chi connectivity index (χ0n) is 11.8. The molecule has 1 heterocycles. The Kier molecular flexibility index (Phi) is 5.78. The molecule has 1 aromatic rings. The van der Waals surface area contributed by atoms with Gasteiger partial charge in [-0.3, -0.25) is 9.59 Å². The predicted molar refractivity (Wildman–Crippen MR) is 77.1 cm³/mol. The minimum atomic E-state index is -0.367. The Morgan fingerprint density at radius 2 is 1.75 bits per heavy atom. The molecule has 0 aliphatic carbocycles. The van der Waals surface area contributed by atoms with E-state index in [-0.39, 0.29) is 17.9 Å². The highest BCUT2D eigenvalue weighted by molar-refractivity contribution is 5.89. The van der Waals surface area contributed by atoms with E-state index in [4.69, 9.17) is 0 Å². The highest BCUT2D eigenvalue weighted by Crippen LogP contribution is 2.22. The maximum atomic E-state index is 11.5. The van der Waals surface area contributed by atoms with Gasteiger partial charge < -0.3 is 4.74 Å². The first-order chi connectivity index (χ1) is 9.75. The Labute approximate surface area is 120 Å². The molecule has 3 nitrogen and oxygen atoms in total. The number of cyclic esters (lactones) is 2. The van der Waals surface area contributed by atoms with Crippen LogP contribution < -0.4 is 0 Å². The van der Waals surface area contributed by atoms with Crippen molar-refractivity contribution >= 4 is 11.9 Å². The van der Waals surface area contributed by atoms with Crippen molar-refractivity contribution in [2.75, 3.05) is 0 Å². The molecule has 0 saturated carbocycles. The van der Waals surface area contributed by atoms with Crippen LogP contribution in [-0.2, 0) is 20.7 Å². The molecule has 108 valence electrons. The van der Waals surface area contributed by atoms with Crippen molar-refractivity contribution in [2.45, 2.75) is 51.4 Å². The number of hydrogen-bond donors (Lipinski definition) is 0. The van der Waals surface area contributed by atoms with Crippen molar-refractivity contribution in [3.8, 4) is 0 Å². The van der Waals surface area contributed by atoms with Gasteiger partial charge in [0, 0.05) is 6.42 Å². The van der Waals surface area contributed by atoms with E-state index in [1.807, 2.05) is 6.07 Å². The second kappa shape index (κ2) is 7.83. The topological polar surface area (TPSA) is 43.4 Å². The molecule has 0 spiro atoms. The first-order valence-electron chi connectivity index (χ1n) is 7.54. The van der Waals surface area contributed by atoms with Gasteiger partial charge in [0.05, 0.1) is 5.92 Å². The van der Waals surface area contributed by atoms with Crippen molar-refractivity contribution in [1.82, 2.24) is 0 Å². The third-order valence-electron chi connectivity index (χ3n) is 3.86. The van der Waals surface area contributed by atoms with Gasteiger partial charge in [0.25, 0.3) is 0 Å². The van der Waals surface area contributed by atoms with Crippen LogP contribution in [-0.4, -0.2) is 11.9 Å². The van der Waals surface area contributed by atoms with Crippen LogP contribution in [0.1, 0.15) is 50.5 Å². The van der Waals surface area contributed by atoms with Crippen molar-refractivity contribution in [2.24, 2.45) is 5.92 Å². The number of carbonyl (C=O) groups is 2. The number of esters is 2. The molecule has 0 radical (unpaired) electrons. The average molecular weight is 274 g/mol. The van der Waals surface area contributed by atoms with Crippen molar-refractivity contribution in [3.05, 3.63) is 35.9 Å². The van der Waals surface area contributed by atoms with Gasteiger partial charge in [-0.2, -0.15) is 0 Å². The molecule has 1 saturated heterocycles. The molecule has 0 bridgehead atoms. The third kappa shape index (κ3) is 4.80. The summed E-state index contributed by atoms with van der Waals surface area (Å²) in [5.41, 5.74) is 1.39. The number of aryl methyl sites for hydroxylation is 1. The number of hydrogen-bond acceptors (Lipinski definition) is 3. The van der Waals surface area contributed by atoms with Crippen molar-refractivity contribution < 1.29 is 14.3 Å². The molecule has 1 fully saturated rings. The highest BCUT2D eigenvalue weighted by Gasteiger charge is 2.28. The first-order valence-corrected chi connectivity index (χ1v) is 7.54. The first kappa shape index (κ1) is 14.8. The van der Waals surface area contributed by atoms with E-state index in [1.54, 1.807) is 0 Å². The summed E-state index contributed by atoms with van der Waals surface area (Å²) < 4.78 is 4.66. The lowest BCUT2D eigenvalue weighted by atomic mass is 9.94. The van der Waals surface area contributed by atoms with E-state index >= 15 is 0 Å². The Balaban J connectivity index is 1.53. The number of benzene rings is 1. The average Bonchev–Trinajstić information content (AvgIpc) is 2.46. The van der Waals surface area contributed by atoms with Gasteiger partial charge in [0.2, 0.25) is 0 Å². The smallest absolute Gasteiger partial charge is 0.316 e. The van der Waals surface area contributed by atoms with Gasteiger partial charge in [-0.15, -0.1) is 0 Å². The molecule has 0 aromatic heterocycles. The van der Waals surface area contributed by atoms with Crippen LogP contribution in [0.4, 0.5) is 0 Å². The fourth-order valence-electron chi connectivity index (χ4n) is 2.64. The van der Waals surface area contributed by atoms with E-state index in [1.165, 1.54) is 18.4 Å². The molecule has 20 heavy (non-hydrogen) atoms. The number of ether oxygens (including phenoxy) is 1. The standard InChI is InChI=1S/C17H22O3/c18-16-13-12-15(17(19)20-16)11-7-2-1-4-8-14-9-5-3-6-10-14/h3,5-6,9-10,15H,1-2,4,7-8,11-13H2. The minimum Gasteiger partial charge on any atom is -0.393 e. The zero-order chi connectivity index (χ0) is 14.2. The Hall–Kier alpha value is -1.64. The molecule has 2 rings (SSSR count). The van der Waals surface area contributed by atoms with Gasteiger partial charge in [0.15, 0.2) is 0 Å². The summed E-state index contributed by atoms with van der Waals surface area (Å²) in [5, 5.41) is 0. The van der Waals surface area contributed by atoms with Crippen LogP contribution in [0, 0.1) is 5.92 Å². The number of rotatable bonds is 7. The van der Waals surface area contributed by atoms with Crippen LogP contribution >= 0.6 is 0 Å². The normalized spacial score (nSPS) is 18.9. The lowest BCUT2D eigenvalue weighted by molar-refractivity contribution is -0.167. The Bertz CT molecular complexity index is 439. The molecular formula is C17H22O3. The lowest BCUT2D eigenvalue weighted by Crippen LogP contribution is -2.27. The van der Waals surface area contributed by atoms with E-state index in [2.05, 4.69) is 29.0 Å². The van der Waals surface area contributed by atoms with Gasteiger partial charge in [-0.25, -0.2) is 0 Å². The summed E-state index contributed by atoms with van der Waals surface area (Å²) in [4.78, 5) is 22.4. The van der Waals surface area contributed by atoms with E-state index in [0.717, 1.165) is 25.7 Å². The van der Waals surface area contributed by atoms with E-state index in [9.17, 15) is 9.59 Å². The molecular weight excluding hydrogens is 252 g/mol. The quantitative estimate of drug-likeness (QED) is 0.433. The summed E-state index contributed by atoms with van der Waals surface area (Å²) in [6.07, 6.45) is 7.62. The fourth-order valence-corrected chi connectivity index (χ4v) is 2.64. The van der Waals surface area contributed by atoms with Crippen LogP contribution in [0.3, 0.4) is 0 Å². The monoisotopic (exact) mass is 274 g/mol. The van der Waals surface area contributed by atoms with Crippen molar-refractivity contribution in [3.63, 3.8) is 0 Å². The zero-order valence-corrected chi connectivity index (χ0v) is 11.8. The number of carbonyl (C=O) groups excluding carboxylic acids is 2. The highest BCUT2D eigenvalue weighted by atomic mass is 16.6. The summed E-state index contributed by atoms with van der Waals surface area (Å²) in [6.45, 7) is 0. The predicted octanol–water partition coefficient (Wildman–Crippen LogP) is 3.66. The second-order valence-corrected chi connectivity index (χ2v) is 5.47. The van der Waals surface area contributed by atoms with E-state index < -0.39 is 0 Å². The summed E-state index contributed by atoms with van der Waals surface area (Å²) in [5.74, 6) is -0.735. The van der Waals surface area contributed by atoms with Gasteiger partial charge in [-0.05, 0) is 31.2 Å². The molecule has 1 atom stereocenters. The molecule has 1 aliphatic heterocycles. The molecule has 1 aromatic carbocycles.